The molecular formula is C15H12N2O2S2. The molecule has 2 aromatic heterocycles. The number of carbonyl (C=O) groups is 2. The number of hydrogen-bond acceptors (Lipinski definition) is 5. The minimum atomic E-state index is -0.252. The van der Waals surface area contributed by atoms with E-state index in [2.05, 4.69) is 10.6 Å². The number of rotatable bonds is 4. The first-order valence-corrected chi connectivity index (χ1v) is 8.03. The lowest BCUT2D eigenvalue weighted by Gasteiger charge is -2.08. The zero-order valence-electron chi connectivity index (χ0n) is 11.2. The van der Waals surface area contributed by atoms with E-state index in [1.807, 2.05) is 35.0 Å². The first-order chi connectivity index (χ1) is 10.3. The number of amides is 1. The second kappa shape index (κ2) is 5.67. The van der Waals surface area contributed by atoms with Crippen molar-refractivity contribution in [1.29, 1.82) is 0 Å². The number of hydrogen-bond donors (Lipinski definition) is 2. The highest BCUT2D eigenvalue weighted by molar-refractivity contribution is 7.11. The summed E-state index contributed by atoms with van der Waals surface area (Å²) in [5, 5.41) is 9.71. The molecule has 0 unspecified atom stereocenters. The van der Waals surface area contributed by atoms with Crippen molar-refractivity contribution >= 4 is 46.3 Å². The Balaban J connectivity index is 2.21. The molecule has 0 radical (unpaired) electrons. The van der Waals surface area contributed by atoms with Crippen LogP contribution in [0, 0.1) is 0 Å². The van der Waals surface area contributed by atoms with E-state index in [4.69, 9.17) is 0 Å². The summed E-state index contributed by atoms with van der Waals surface area (Å²) in [5.41, 5.74) is 2.07. The summed E-state index contributed by atoms with van der Waals surface area (Å²) in [6.07, 6.45) is 0.743. The Hall–Kier alpha value is -2.18. The molecule has 0 spiro atoms. The van der Waals surface area contributed by atoms with Crippen molar-refractivity contribution in [3.05, 3.63) is 55.9 Å². The van der Waals surface area contributed by atoms with Crippen LogP contribution in [-0.4, -0.2) is 19.2 Å². The van der Waals surface area contributed by atoms with Gasteiger partial charge in [-0.1, -0.05) is 12.1 Å². The molecule has 0 aliphatic carbocycles. The highest BCUT2D eigenvalue weighted by Crippen LogP contribution is 2.34. The fraction of sp³-hybridized carbons (Fsp3) is 0.0667. The molecule has 0 saturated carbocycles. The van der Waals surface area contributed by atoms with E-state index in [0.29, 0.717) is 22.5 Å². The van der Waals surface area contributed by atoms with Gasteiger partial charge in [-0.3, -0.25) is 9.59 Å². The first kappa shape index (κ1) is 13.8. The lowest BCUT2D eigenvalue weighted by Crippen LogP contribution is -2.19. The Bertz CT molecular complexity index is 741. The van der Waals surface area contributed by atoms with Crippen molar-refractivity contribution in [2.75, 3.05) is 7.05 Å². The number of thiophene rings is 2. The van der Waals surface area contributed by atoms with E-state index in [1.54, 1.807) is 7.05 Å². The lowest BCUT2D eigenvalue weighted by atomic mass is 10.0. The molecule has 0 saturated heterocycles. The quantitative estimate of drug-likeness (QED) is 0.673. The Labute approximate surface area is 129 Å². The van der Waals surface area contributed by atoms with Gasteiger partial charge in [0.1, 0.15) is 0 Å². The normalized spacial score (nSPS) is 16.9. The van der Waals surface area contributed by atoms with E-state index >= 15 is 0 Å². The molecule has 0 aromatic carbocycles. The summed E-state index contributed by atoms with van der Waals surface area (Å²) in [5.74, 6) is -0.252. The number of nitrogens with one attached hydrogen (secondary N) is 2. The summed E-state index contributed by atoms with van der Waals surface area (Å²) in [4.78, 5) is 25.7. The van der Waals surface area contributed by atoms with E-state index in [1.165, 1.54) is 22.7 Å². The third-order valence-corrected chi connectivity index (χ3v) is 4.93. The molecule has 2 aromatic rings. The van der Waals surface area contributed by atoms with Crippen LogP contribution in [0.15, 0.2) is 46.2 Å². The second-order valence-electron chi connectivity index (χ2n) is 4.32. The fourth-order valence-electron chi connectivity index (χ4n) is 2.26. The van der Waals surface area contributed by atoms with Crippen molar-refractivity contribution in [1.82, 2.24) is 10.6 Å². The van der Waals surface area contributed by atoms with Crippen molar-refractivity contribution in [2.45, 2.75) is 0 Å². The maximum atomic E-state index is 12.3. The van der Waals surface area contributed by atoms with E-state index in [-0.39, 0.29) is 5.91 Å². The van der Waals surface area contributed by atoms with Crippen LogP contribution >= 0.6 is 22.7 Å². The maximum absolute atomic E-state index is 12.3. The Morgan fingerprint density at radius 2 is 2.00 bits per heavy atom. The van der Waals surface area contributed by atoms with Crippen LogP contribution in [0.3, 0.4) is 0 Å². The topological polar surface area (TPSA) is 58.2 Å². The Kier molecular flexibility index (Phi) is 3.72. The van der Waals surface area contributed by atoms with Gasteiger partial charge in [-0.25, -0.2) is 0 Å². The predicted octanol–water partition coefficient (Wildman–Crippen LogP) is 2.48. The summed E-state index contributed by atoms with van der Waals surface area (Å²) in [6, 6.07) is 7.61. The zero-order chi connectivity index (χ0) is 14.8. The maximum Gasteiger partial charge on any atom is 0.258 e. The van der Waals surface area contributed by atoms with Crippen LogP contribution in [0.5, 0.6) is 0 Å². The highest BCUT2D eigenvalue weighted by Gasteiger charge is 2.31. The van der Waals surface area contributed by atoms with E-state index in [9.17, 15) is 9.59 Å². The minimum Gasteiger partial charge on any atom is -0.386 e. The second-order valence-corrected chi connectivity index (χ2v) is 6.21. The lowest BCUT2D eigenvalue weighted by molar-refractivity contribution is -0.116. The summed E-state index contributed by atoms with van der Waals surface area (Å²) in [7, 11) is 1.75. The van der Waals surface area contributed by atoms with Crippen LogP contribution in [0.4, 0.5) is 0 Å². The average Bonchev–Trinajstić information content (AvgIpc) is 3.21. The molecular weight excluding hydrogens is 304 g/mol. The molecule has 3 rings (SSSR count). The minimum absolute atomic E-state index is 0.252. The molecule has 3 heterocycles. The van der Waals surface area contributed by atoms with Crippen LogP contribution in [0.2, 0.25) is 0 Å². The van der Waals surface area contributed by atoms with Gasteiger partial charge in [0.15, 0.2) is 6.29 Å². The molecule has 0 fully saturated rings. The van der Waals surface area contributed by atoms with Crippen LogP contribution in [0.25, 0.3) is 11.4 Å². The van der Waals surface area contributed by atoms with Crippen molar-refractivity contribution in [2.24, 2.45) is 0 Å². The third-order valence-electron chi connectivity index (χ3n) is 3.16. The van der Waals surface area contributed by atoms with Gasteiger partial charge >= 0.3 is 0 Å². The first-order valence-electron chi connectivity index (χ1n) is 6.27. The van der Waals surface area contributed by atoms with Gasteiger partial charge in [-0.15, -0.1) is 22.7 Å². The highest BCUT2D eigenvalue weighted by atomic mass is 32.1. The smallest absolute Gasteiger partial charge is 0.258 e. The molecule has 1 aliphatic rings. The van der Waals surface area contributed by atoms with Gasteiger partial charge in [0.05, 0.1) is 32.3 Å². The monoisotopic (exact) mass is 316 g/mol. The molecule has 106 valence electrons. The summed E-state index contributed by atoms with van der Waals surface area (Å²) < 4.78 is 0. The SMILES string of the molecule is CN/C(=C1/C(=O)NC(c2cccs2)=C1C=O)c1cccs1. The van der Waals surface area contributed by atoms with Crippen LogP contribution in [0.1, 0.15) is 9.75 Å². The van der Waals surface area contributed by atoms with E-state index in [0.717, 1.165) is 16.0 Å². The van der Waals surface area contributed by atoms with Gasteiger partial charge in [0, 0.05) is 7.05 Å². The van der Waals surface area contributed by atoms with E-state index < -0.39 is 0 Å². The molecule has 2 N–H and O–H groups in total. The number of carbonyl (C=O) groups excluding carboxylic acids is 2. The molecule has 1 aliphatic heterocycles. The molecule has 6 heteroatoms. The standard InChI is InChI=1S/C15H12N2O2S2/c1-16-14(11-5-3-7-21-11)12-9(8-18)13(17-15(12)19)10-4-2-6-20-10/h2-8,16H,1H3,(H,17,19)/b14-12+. The van der Waals surface area contributed by atoms with Gasteiger partial charge in [0.2, 0.25) is 0 Å². The fourth-order valence-corrected chi connectivity index (χ4v) is 3.79. The number of aldehydes is 1. The molecule has 0 bridgehead atoms. The molecule has 0 atom stereocenters. The predicted molar refractivity (Wildman–Crippen MR) is 85.7 cm³/mol. The van der Waals surface area contributed by atoms with Crippen LogP contribution < -0.4 is 10.6 Å². The van der Waals surface area contributed by atoms with Crippen LogP contribution in [-0.2, 0) is 9.59 Å². The molecule has 1 amide bonds. The summed E-state index contributed by atoms with van der Waals surface area (Å²) >= 11 is 3.01. The van der Waals surface area contributed by atoms with Crippen molar-refractivity contribution < 1.29 is 9.59 Å². The third kappa shape index (κ3) is 2.32. The van der Waals surface area contributed by atoms with Gasteiger partial charge in [0.25, 0.3) is 5.91 Å². The molecule has 21 heavy (non-hydrogen) atoms. The van der Waals surface area contributed by atoms with Gasteiger partial charge in [-0.05, 0) is 22.9 Å². The Morgan fingerprint density at radius 1 is 1.24 bits per heavy atom. The summed E-state index contributed by atoms with van der Waals surface area (Å²) in [6.45, 7) is 0. The van der Waals surface area contributed by atoms with Crippen molar-refractivity contribution in [3.63, 3.8) is 0 Å². The average molecular weight is 316 g/mol. The van der Waals surface area contributed by atoms with Gasteiger partial charge < -0.3 is 10.6 Å². The Morgan fingerprint density at radius 3 is 2.57 bits per heavy atom. The van der Waals surface area contributed by atoms with Gasteiger partial charge in [-0.2, -0.15) is 0 Å². The largest absolute Gasteiger partial charge is 0.386 e. The van der Waals surface area contributed by atoms with Crippen molar-refractivity contribution in [3.8, 4) is 0 Å². The molecule has 4 nitrogen and oxygen atoms in total. The zero-order valence-corrected chi connectivity index (χ0v) is 12.8.